The summed E-state index contributed by atoms with van der Waals surface area (Å²) in [7, 11) is 3.42. The van der Waals surface area contributed by atoms with Gasteiger partial charge in [0, 0.05) is 10.6 Å². The molecule has 0 unspecified atom stereocenters. The molecule has 1 aromatic carbocycles. The van der Waals surface area contributed by atoms with Crippen molar-refractivity contribution in [3.05, 3.63) is 29.2 Å². The third-order valence-electron chi connectivity index (χ3n) is 1.20. The number of nitrogens with zero attached hydrogens (tertiary/aromatic N) is 1. The molecule has 4 heteroatoms. The second-order valence-corrected chi connectivity index (χ2v) is 4.74. The molecule has 0 saturated heterocycles. The van der Waals surface area contributed by atoms with Crippen LogP contribution in [0.25, 0.3) is 0 Å². The Morgan fingerprint density at radius 1 is 1.50 bits per heavy atom. The van der Waals surface area contributed by atoms with Crippen LogP contribution in [0.1, 0.15) is 6.92 Å². The van der Waals surface area contributed by atoms with Crippen molar-refractivity contribution >= 4 is 27.3 Å². The Labute approximate surface area is 79.5 Å². The maximum absolute atomic E-state index is 10.2. The first kappa shape index (κ1) is 9.61. The molecule has 0 atom stereocenters. The molecule has 0 fully saturated rings. The zero-order chi connectivity index (χ0) is 8.81. The van der Waals surface area contributed by atoms with Crippen molar-refractivity contribution < 1.29 is 0 Å². The van der Waals surface area contributed by atoms with Crippen molar-refractivity contribution in [2.75, 3.05) is 5.75 Å². The maximum atomic E-state index is 10.2. The molecule has 1 rings (SSSR count). The van der Waals surface area contributed by atoms with Crippen LogP contribution in [0.3, 0.4) is 0 Å². The van der Waals surface area contributed by atoms with Gasteiger partial charge in [-0.2, -0.15) is 0 Å². The highest BCUT2D eigenvalue weighted by Crippen LogP contribution is 2.32. The second-order valence-electron chi connectivity index (χ2n) is 2.08. The van der Waals surface area contributed by atoms with Crippen LogP contribution in [0.4, 0.5) is 5.69 Å². The first-order valence-electron chi connectivity index (χ1n) is 3.59. The summed E-state index contributed by atoms with van der Waals surface area (Å²) in [5.41, 5.74) is 0.497. The third kappa shape index (κ3) is 2.87. The lowest BCUT2D eigenvalue weighted by atomic mass is 10.3. The number of rotatable bonds is 4. The molecule has 0 amide bonds. The van der Waals surface area contributed by atoms with Gasteiger partial charge in [0.05, 0.1) is 0 Å². The molecule has 0 spiro atoms. The van der Waals surface area contributed by atoms with Crippen molar-refractivity contribution in [2.24, 2.45) is 5.18 Å². The Morgan fingerprint density at radius 2 is 2.33 bits per heavy atom. The molecule has 0 heterocycles. The van der Waals surface area contributed by atoms with E-state index in [0.29, 0.717) is 5.69 Å². The summed E-state index contributed by atoms with van der Waals surface area (Å²) < 4.78 is 0. The van der Waals surface area contributed by atoms with Gasteiger partial charge in [-0.3, -0.25) is 0 Å². The fourth-order valence-electron chi connectivity index (χ4n) is 0.719. The molecule has 1 aromatic rings. The van der Waals surface area contributed by atoms with Crippen molar-refractivity contribution in [1.82, 2.24) is 0 Å². The van der Waals surface area contributed by atoms with Crippen LogP contribution in [0.5, 0.6) is 0 Å². The first-order valence-corrected chi connectivity index (χ1v) is 5.91. The van der Waals surface area contributed by atoms with Gasteiger partial charge >= 0.3 is 0 Å². The van der Waals surface area contributed by atoms with Crippen molar-refractivity contribution in [3.8, 4) is 0 Å². The fourth-order valence-corrected chi connectivity index (χ4v) is 2.35. The van der Waals surface area contributed by atoms with E-state index >= 15 is 0 Å². The highest BCUT2D eigenvalue weighted by atomic mass is 33.1. The van der Waals surface area contributed by atoms with E-state index < -0.39 is 0 Å². The molecular formula is C8H9NOS2. The summed E-state index contributed by atoms with van der Waals surface area (Å²) >= 11 is 0. The highest BCUT2D eigenvalue weighted by molar-refractivity contribution is 8.76. The highest BCUT2D eigenvalue weighted by Gasteiger charge is 1.95. The molecule has 0 aliphatic heterocycles. The van der Waals surface area contributed by atoms with Gasteiger partial charge in [0.25, 0.3) is 0 Å². The van der Waals surface area contributed by atoms with E-state index in [1.54, 1.807) is 33.7 Å². The van der Waals surface area contributed by atoms with E-state index in [2.05, 4.69) is 12.1 Å². The second kappa shape index (κ2) is 5.22. The summed E-state index contributed by atoms with van der Waals surface area (Å²) in [6.07, 6.45) is 0. The van der Waals surface area contributed by atoms with E-state index in [1.165, 1.54) is 0 Å². The van der Waals surface area contributed by atoms with Gasteiger partial charge in [-0.25, -0.2) is 0 Å². The Bertz CT molecular complexity index is 265. The molecule has 0 saturated carbocycles. The quantitative estimate of drug-likeness (QED) is 0.545. The van der Waals surface area contributed by atoms with Gasteiger partial charge < -0.3 is 0 Å². The van der Waals surface area contributed by atoms with Crippen LogP contribution in [-0.2, 0) is 0 Å². The monoisotopic (exact) mass is 199 g/mol. The van der Waals surface area contributed by atoms with Crippen LogP contribution in [0.2, 0.25) is 0 Å². The van der Waals surface area contributed by atoms with E-state index in [9.17, 15) is 4.91 Å². The van der Waals surface area contributed by atoms with E-state index in [0.717, 1.165) is 10.6 Å². The van der Waals surface area contributed by atoms with Crippen LogP contribution in [0.15, 0.2) is 34.3 Å². The van der Waals surface area contributed by atoms with Gasteiger partial charge in [0.1, 0.15) is 5.69 Å². The summed E-state index contributed by atoms with van der Waals surface area (Å²) in [5.74, 6) is 1.06. The van der Waals surface area contributed by atoms with E-state index in [-0.39, 0.29) is 0 Å². The van der Waals surface area contributed by atoms with Crippen molar-refractivity contribution in [2.45, 2.75) is 11.8 Å². The average Bonchev–Trinajstić information content (AvgIpc) is 2.15. The Morgan fingerprint density at radius 3 is 3.00 bits per heavy atom. The zero-order valence-corrected chi connectivity index (χ0v) is 8.32. The molecular weight excluding hydrogens is 190 g/mol. The minimum atomic E-state index is 0.497. The molecule has 0 aromatic heterocycles. The van der Waals surface area contributed by atoms with Gasteiger partial charge in [0.15, 0.2) is 0 Å². The molecule has 0 aliphatic carbocycles. The largest absolute Gasteiger partial charge is 0.145 e. The number of nitroso groups, excluding NO2 is 1. The molecule has 64 valence electrons. The Balaban J connectivity index is 2.66. The molecule has 0 bridgehead atoms. The number of benzene rings is 1. The number of hydrogen-bond acceptors (Lipinski definition) is 4. The van der Waals surface area contributed by atoms with Gasteiger partial charge in [-0.1, -0.05) is 34.6 Å². The summed E-state index contributed by atoms with van der Waals surface area (Å²) in [6.45, 7) is 2.10. The van der Waals surface area contributed by atoms with Crippen LogP contribution in [0, 0.1) is 4.91 Å². The Kier molecular flexibility index (Phi) is 4.18. The molecule has 12 heavy (non-hydrogen) atoms. The predicted molar refractivity (Wildman–Crippen MR) is 55.9 cm³/mol. The lowest BCUT2D eigenvalue weighted by molar-refractivity contribution is 1.40. The maximum Gasteiger partial charge on any atom is 0.109 e. The lowest BCUT2D eigenvalue weighted by Crippen LogP contribution is -1.67. The first-order chi connectivity index (χ1) is 5.86. The fraction of sp³-hybridized carbons (Fsp3) is 0.250. The van der Waals surface area contributed by atoms with Gasteiger partial charge in [0.2, 0.25) is 0 Å². The van der Waals surface area contributed by atoms with Crippen molar-refractivity contribution in [3.63, 3.8) is 0 Å². The Hall–Kier alpha value is -0.480. The van der Waals surface area contributed by atoms with Crippen LogP contribution < -0.4 is 0 Å². The third-order valence-corrected chi connectivity index (χ3v) is 3.63. The predicted octanol–water partition coefficient (Wildman–Crippen LogP) is 3.84. The van der Waals surface area contributed by atoms with E-state index in [4.69, 9.17) is 0 Å². The minimum absolute atomic E-state index is 0.497. The minimum Gasteiger partial charge on any atom is -0.145 e. The molecule has 2 nitrogen and oxygen atoms in total. The van der Waals surface area contributed by atoms with E-state index in [1.807, 2.05) is 12.1 Å². The lowest BCUT2D eigenvalue weighted by Gasteiger charge is -1.97. The summed E-state index contributed by atoms with van der Waals surface area (Å²) in [5, 5.41) is 2.87. The standard InChI is InChI=1S/C8H9NOS2/c1-2-11-12-8-5-3-4-7(6-8)9-10/h3-6H,2H2,1H3. The van der Waals surface area contributed by atoms with Gasteiger partial charge in [-0.05, 0) is 23.4 Å². The van der Waals surface area contributed by atoms with Crippen molar-refractivity contribution in [1.29, 1.82) is 0 Å². The molecule has 0 radical (unpaired) electrons. The number of hydrogen-bond donors (Lipinski definition) is 0. The van der Waals surface area contributed by atoms with Crippen LogP contribution in [-0.4, -0.2) is 5.75 Å². The molecule has 0 aliphatic rings. The van der Waals surface area contributed by atoms with Gasteiger partial charge in [-0.15, -0.1) is 4.91 Å². The SMILES string of the molecule is CCSSc1cccc(N=O)c1. The summed E-state index contributed by atoms with van der Waals surface area (Å²) in [4.78, 5) is 11.2. The van der Waals surface area contributed by atoms with Crippen LogP contribution >= 0.6 is 21.6 Å². The molecule has 0 N–H and O–H groups in total. The average molecular weight is 199 g/mol. The summed E-state index contributed by atoms with van der Waals surface area (Å²) in [6, 6.07) is 7.31. The zero-order valence-electron chi connectivity index (χ0n) is 6.69. The smallest absolute Gasteiger partial charge is 0.109 e. The normalized spacial score (nSPS) is 9.75. The topological polar surface area (TPSA) is 29.4 Å².